The zero-order valence-corrected chi connectivity index (χ0v) is 9.57. The topological polar surface area (TPSA) is 72.2 Å². The zero-order valence-electron chi connectivity index (χ0n) is 7.93. The van der Waals surface area contributed by atoms with Crippen LogP contribution in [-0.2, 0) is 10.2 Å². The first kappa shape index (κ1) is 11.6. The third kappa shape index (κ3) is 3.75. The minimum absolute atomic E-state index is 0.185. The van der Waals surface area contributed by atoms with Crippen LogP contribution in [0.2, 0.25) is 0 Å². The van der Waals surface area contributed by atoms with Crippen LogP contribution >= 0.6 is 11.3 Å². The lowest BCUT2D eigenvalue weighted by Crippen LogP contribution is -2.33. The highest BCUT2D eigenvalue weighted by atomic mass is 32.2. The number of nitrogens with two attached hydrogens (primary N) is 1. The van der Waals surface area contributed by atoms with E-state index in [1.807, 2.05) is 24.4 Å². The zero-order chi connectivity index (χ0) is 10.6. The Balaban J connectivity index is 2.75. The summed E-state index contributed by atoms with van der Waals surface area (Å²) >= 11 is 1.53. The van der Waals surface area contributed by atoms with Gasteiger partial charge < -0.3 is 0 Å². The van der Waals surface area contributed by atoms with Crippen LogP contribution in [0.1, 0.15) is 30.7 Å². The number of rotatable bonds is 5. The summed E-state index contributed by atoms with van der Waals surface area (Å²) < 4.78 is 24.2. The lowest BCUT2D eigenvalue weighted by atomic mass is 10.1. The monoisotopic (exact) mass is 234 g/mol. The molecule has 1 aromatic rings. The highest BCUT2D eigenvalue weighted by Crippen LogP contribution is 2.23. The highest BCUT2D eigenvalue weighted by Gasteiger charge is 2.15. The van der Waals surface area contributed by atoms with E-state index in [4.69, 9.17) is 5.14 Å². The van der Waals surface area contributed by atoms with E-state index < -0.39 is 10.2 Å². The quantitative estimate of drug-likeness (QED) is 0.808. The molecule has 0 aliphatic heterocycles. The van der Waals surface area contributed by atoms with E-state index in [-0.39, 0.29) is 6.04 Å². The highest BCUT2D eigenvalue weighted by molar-refractivity contribution is 7.87. The van der Waals surface area contributed by atoms with E-state index in [1.165, 1.54) is 11.3 Å². The molecule has 1 rings (SSSR count). The van der Waals surface area contributed by atoms with E-state index in [1.54, 1.807) is 0 Å². The first-order chi connectivity index (χ1) is 6.53. The van der Waals surface area contributed by atoms with Crippen LogP contribution in [0.15, 0.2) is 17.5 Å². The van der Waals surface area contributed by atoms with Crippen LogP contribution in [0, 0.1) is 0 Å². The predicted molar refractivity (Wildman–Crippen MR) is 58.2 cm³/mol. The van der Waals surface area contributed by atoms with Crippen LogP contribution in [0.4, 0.5) is 0 Å². The third-order valence-corrected chi connectivity index (χ3v) is 3.37. The Hall–Kier alpha value is -0.430. The van der Waals surface area contributed by atoms with Gasteiger partial charge in [0, 0.05) is 4.88 Å². The molecule has 1 aromatic heterocycles. The van der Waals surface area contributed by atoms with E-state index in [0.717, 1.165) is 17.7 Å². The van der Waals surface area contributed by atoms with Crippen molar-refractivity contribution < 1.29 is 8.42 Å². The SMILES string of the molecule is CCCC(NS(N)(=O)=O)c1cccs1. The second-order valence-corrected chi connectivity index (χ2v) is 5.32. The van der Waals surface area contributed by atoms with Gasteiger partial charge in [0.15, 0.2) is 0 Å². The molecule has 0 aliphatic rings. The van der Waals surface area contributed by atoms with Gasteiger partial charge in [-0.25, -0.2) is 5.14 Å². The maximum absolute atomic E-state index is 10.9. The van der Waals surface area contributed by atoms with Gasteiger partial charge in [-0.05, 0) is 17.9 Å². The Labute approximate surface area is 88.3 Å². The van der Waals surface area contributed by atoms with Gasteiger partial charge in [0.2, 0.25) is 0 Å². The molecule has 0 bridgehead atoms. The van der Waals surface area contributed by atoms with Crippen molar-refractivity contribution >= 4 is 21.5 Å². The fourth-order valence-electron chi connectivity index (χ4n) is 1.24. The van der Waals surface area contributed by atoms with E-state index in [0.29, 0.717) is 0 Å². The van der Waals surface area contributed by atoms with Crippen LogP contribution in [0.3, 0.4) is 0 Å². The predicted octanol–water partition coefficient (Wildman–Crippen LogP) is 1.38. The lowest BCUT2D eigenvalue weighted by molar-refractivity contribution is 0.541. The van der Waals surface area contributed by atoms with Crippen molar-refractivity contribution in [3.63, 3.8) is 0 Å². The molecular weight excluding hydrogens is 220 g/mol. The van der Waals surface area contributed by atoms with E-state index >= 15 is 0 Å². The molecular formula is C8H14N2O2S2. The van der Waals surface area contributed by atoms with Gasteiger partial charge in [0.05, 0.1) is 6.04 Å². The van der Waals surface area contributed by atoms with Gasteiger partial charge in [-0.1, -0.05) is 19.4 Å². The van der Waals surface area contributed by atoms with Gasteiger partial charge in [-0.15, -0.1) is 11.3 Å². The summed E-state index contributed by atoms with van der Waals surface area (Å²) in [5, 5.41) is 6.86. The second-order valence-electron chi connectivity index (χ2n) is 3.02. The number of hydrogen-bond acceptors (Lipinski definition) is 3. The van der Waals surface area contributed by atoms with Crippen molar-refractivity contribution in [2.75, 3.05) is 0 Å². The molecule has 0 radical (unpaired) electrons. The maximum atomic E-state index is 10.9. The first-order valence-electron chi connectivity index (χ1n) is 4.36. The van der Waals surface area contributed by atoms with Crippen LogP contribution < -0.4 is 9.86 Å². The maximum Gasteiger partial charge on any atom is 0.274 e. The molecule has 80 valence electrons. The van der Waals surface area contributed by atoms with Gasteiger partial charge >= 0.3 is 0 Å². The van der Waals surface area contributed by atoms with Gasteiger partial charge in [-0.3, -0.25) is 0 Å². The summed E-state index contributed by atoms with van der Waals surface area (Å²) in [4.78, 5) is 1.00. The second kappa shape index (κ2) is 4.88. The average Bonchev–Trinajstić information content (AvgIpc) is 2.52. The summed E-state index contributed by atoms with van der Waals surface area (Å²) in [6.07, 6.45) is 1.67. The molecule has 0 saturated carbocycles. The summed E-state index contributed by atoms with van der Waals surface area (Å²) in [7, 11) is -3.61. The molecule has 3 N–H and O–H groups in total. The molecule has 0 fully saturated rings. The number of hydrogen-bond donors (Lipinski definition) is 2. The van der Waals surface area contributed by atoms with Crippen molar-refractivity contribution in [3.8, 4) is 0 Å². The minimum Gasteiger partial charge on any atom is -0.216 e. The fourth-order valence-corrected chi connectivity index (χ4v) is 2.76. The third-order valence-electron chi connectivity index (χ3n) is 1.77. The Kier molecular flexibility index (Phi) is 4.06. The number of thiophene rings is 1. The smallest absolute Gasteiger partial charge is 0.216 e. The summed E-state index contributed by atoms with van der Waals surface area (Å²) in [5.74, 6) is 0. The molecule has 0 aromatic carbocycles. The van der Waals surface area contributed by atoms with Gasteiger partial charge in [0.1, 0.15) is 0 Å². The van der Waals surface area contributed by atoms with Crippen LogP contribution in [-0.4, -0.2) is 8.42 Å². The summed E-state index contributed by atoms with van der Waals surface area (Å²) in [6.45, 7) is 2.01. The van der Waals surface area contributed by atoms with Crippen molar-refractivity contribution in [1.29, 1.82) is 0 Å². The fraction of sp³-hybridized carbons (Fsp3) is 0.500. The molecule has 0 aliphatic carbocycles. The molecule has 4 nitrogen and oxygen atoms in total. The largest absolute Gasteiger partial charge is 0.274 e. The van der Waals surface area contributed by atoms with Crippen LogP contribution in [0.5, 0.6) is 0 Å². The van der Waals surface area contributed by atoms with Crippen LogP contribution in [0.25, 0.3) is 0 Å². The molecule has 0 spiro atoms. The molecule has 0 saturated heterocycles. The first-order valence-corrected chi connectivity index (χ1v) is 6.79. The lowest BCUT2D eigenvalue weighted by Gasteiger charge is -2.14. The molecule has 1 unspecified atom stereocenters. The Morgan fingerprint density at radius 3 is 2.79 bits per heavy atom. The molecule has 1 heterocycles. The standard InChI is InChI=1S/C8H14N2O2S2/c1-2-4-7(10-14(9,11)12)8-5-3-6-13-8/h3,5-7,10H,2,4H2,1H3,(H2,9,11,12). The molecule has 6 heteroatoms. The Morgan fingerprint density at radius 2 is 2.36 bits per heavy atom. The summed E-state index contributed by atoms with van der Waals surface area (Å²) in [5.41, 5.74) is 0. The minimum atomic E-state index is -3.61. The van der Waals surface area contributed by atoms with Gasteiger partial charge in [0.25, 0.3) is 10.2 Å². The normalized spacial score (nSPS) is 14.1. The van der Waals surface area contributed by atoms with Crippen molar-refractivity contribution in [2.24, 2.45) is 5.14 Å². The van der Waals surface area contributed by atoms with E-state index in [2.05, 4.69) is 4.72 Å². The molecule has 0 amide bonds. The number of nitrogens with one attached hydrogen (secondary N) is 1. The van der Waals surface area contributed by atoms with Crippen molar-refractivity contribution in [1.82, 2.24) is 4.72 Å². The van der Waals surface area contributed by atoms with Crippen molar-refractivity contribution in [3.05, 3.63) is 22.4 Å². The summed E-state index contributed by atoms with van der Waals surface area (Å²) in [6, 6.07) is 3.62. The molecule has 14 heavy (non-hydrogen) atoms. The van der Waals surface area contributed by atoms with Crippen molar-refractivity contribution in [2.45, 2.75) is 25.8 Å². The van der Waals surface area contributed by atoms with Gasteiger partial charge in [-0.2, -0.15) is 13.1 Å². The van der Waals surface area contributed by atoms with E-state index in [9.17, 15) is 8.42 Å². The Bertz CT molecular complexity index is 359. The average molecular weight is 234 g/mol. The molecule has 1 atom stereocenters. The Morgan fingerprint density at radius 1 is 1.64 bits per heavy atom.